The number of pyridine rings is 1. The summed E-state index contributed by atoms with van der Waals surface area (Å²) >= 11 is 7.34. The van der Waals surface area contributed by atoms with Crippen LogP contribution in [0.4, 0.5) is 0 Å². The molecular weight excluding hydrogens is 328 g/mol. The Hall–Kier alpha value is -2.17. The summed E-state index contributed by atoms with van der Waals surface area (Å²) in [5.41, 5.74) is 2.23. The van der Waals surface area contributed by atoms with Crippen LogP contribution in [0.5, 0.6) is 0 Å². The largest absolute Gasteiger partial charge is 0.351 e. The molecule has 0 spiro atoms. The molecule has 0 atom stereocenters. The van der Waals surface area contributed by atoms with Gasteiger partial charge in [-0.3, -0.25) is 9.78 Å². The van der Waals surface area contributed by atoms with Gasteiger partial charge in [0.1, 0.15) is 0 Å². The van der Waals surface area contributed by atoms with Crippen molar-refractivity contribution < 1.29 is 4.79 Å². The van der Waals surface area contributed by atoms with Gasteiger partial charge in [-0.15, -0.1) is 11.3 Å². The summed E-state index contributed by atoms with van der Waals surface area (Å²) in [5.74, 6) is -0.0377. The molecule has 3 rings (SSSR count). The van der Waals surface area contributed by atoms with Crippen LogP contribution in [-0.4, -0.2) is 17.4 Å². The Morgan fingerprint density at radius 3 is 2.52 bits per heavy atom. The van der Waals surface area contributed by atoms with Gasteiger partial charge < -0.3 is 5.32 Å². The van der Waals surface area contributed by atoms with Gasteiger partial charge in [0, 0.05) is 28.8 Å². The highest BCUT2D eigenvalue weighted by atomic mass is 35.5. The van der Waals surface area contributed by atoms with Crippen molar-refractivity contribution in [1.29, 1.82) is 0 Å². The van der Waals surface area contributed by atoms with Crippen molar-refractivity contribution in [2.75, 3.05) is 6.54 Å². The van der Waals surface area contributed by atoms with Crippen molar-refractivity contribution in [3.63, 3.8) is 0 Å². The van der Waals surface area contributed by atoms with E-state index in [1.807, 2.05) is 48.5 Å². The van der Waals surface area contributed by atoms with Gasteiger partial charge in [-0.2, -0.15) is 0 Å². The lowest BCUT2D eigenvalue weighted by atomic mass is 10.1. The molecule has 116 valence electrons. The first kappa shape index (κ1) is 15.7. The number of amides is 1. The number of thiophene rings is 1. The Labute approximate surface area is 144 Å². The Balaban J connectivity index is 1.56. The Morgan fingerprint density at radius 1 is 1.04 bits per heavy atom. The maximum absolute atomic E-state index is 12.2. The van der Waals surface area contributed by atoms with E-state index in [2.05, 4.69) is 10.3 Å². The molecule has 1 N–H and O–H groups in total. The first-order valence-corrected chi connectivity index (χ1v) is 8.45. The zero-order chi connectivity index (χ0) is 16.1. The number of carbonyl (C=O) groups is 1. The van der Waals surface area contributed by atoms with Crippen LogP contribution in [0.25, 0.3) is 10.4 Å². The minimum Gasteiger partial charge on any atom is -0.351 e. The monoisotopic (exact) mass is 342 g/mol. The average molecular weight is 343 g/mol. The minimum atomic E-state index is -0.0377. The van der Waals surface area contributed by atoms with Gasteiger partial charge in [0.2, 0.25) is 0 Å². The van der Waals surface area contributed by atoms with Crippen molar-refractivity contribution in [2.45, 2.75) is 6.42 Å². The van der Waals surface area contributed by atoms with E-state index in [-0.39, 0.29) is 5.91 Å². The van der Waals surface area contributed by atoms with E-state index in [4.69, 9.17) is 11.6 Å². The van der Waals surface area contributed by atoms with Gasteiger partial charge in [0.25, 0.3) is 5.91 Å². The predicted molar refractivity (Wildman–Crippen MR) is 95.0 cm³/mol. The maximum Gasteiger partial charge on any atom is 0.261 e. The summed E-state index contributed by atoms with van der Waals surface area (Å²) < 4.78 is 0. The fourth-order valence-corrected chi connectivity index (χ4v) is 3.24. The van der Waals surface area contributed by atoms with Gasteiger partial charge in [-0.1, -0.05) is 23.7 Å². The Bertz CT molecular complexity index is 784. The molecular formula is C18H15ClN2OS. The van der Waals surface area contributed by atoms with E-state index in [1.165, 1.54) is 11.3 Å². The van der Waals surface area contributed by atoms with Crippen molar-refractivity contribution in [3.8, 4) is 10.4 Å². The lowest BCUT2D eigenvalue weighted by molar-refractivity contribution is 0.0958. The fourth-order valence-electron chi connectivity index (χ4n) is 2.19. The van der Waals surface area contributed by atoms with Crippen LogP contribution in [0.3, 0.4) is 0 Å². The Morgan fingerprint density at radius 2 is 1.78 bits per heavy atom. The van der Waals surface area contributed by atoms with E-state index in [1.54, 1.807) is 12.4 Å². The normalized spacial score (nSPS) is 10.5. The van der Waals surface area contributed by atoms with Gasteiger partial charge in [-0.25, -0.2) is 0 Å². The van der Waals surface area contributed by atoms with Crippen molar-refractivity contribution in [1.82, 2.24) is 10.3 Å². The summed E-state index contributed by atoms with van der Waals surface area (Å²) in [6.07, 6.45) is 4.29. The third-order valence-electron chi connectivity index (χ3n) is 3.41. The predicted octanol–water partition coefficient (Wildman–Crippen LogP) is 4.44. The minimum absolute atomic E-state index is 0.0377. The molecule has 0 saturated carbocycles. The van der Waals surface area contributed by atoms with E-state index >= 15 is 0 Å². The molecule has 0 saturated heterocycles. The molecule has 0 aliphatic rings. The van der Waals surface area contributed by atoms with Crippen LogP contribution in [0, 0.1) is 0 Å². The maximum atomic E-state index is 12.2. The molecule has 0 fully saturated rings. The number of carbonyl (C=O) groups excluding carboxylic acids is 1. The quantitative estimate of drug-likeness (QED) is 0.745. The number of aromatic nitrogens is 1. The van der Waals surface area contributed by atoms with Crippen molar-refractivity contribution in [3.05, 3.63) is 76.4 Å². The molecule has 0 aliphatic carbocycles. The number of hydrogen-bond acceptors (Lipinski definition) is 3. The molecule has 23 heavy (non-hydrogen) atoms. The second kappa shape index (κ2) is 7.40. The zero-order valence-electron chi connectivity index (χ0n) is 12.3. The first-order chi connectivity index (χ1) is 11.2. The molecule has 0 bridgehead atoms. The summed E-state index contributed by atoms with van der Waals surface area (Å²) in [7, 11) is 0. The van der Waals surface area contributed by atoms with E-state index in [9.17, 15) is 4.79 Å². The number of halogens is 1. The number of hydrogen-bond donors (Lipinski definition) is 1. The highest BCUT2D eigenvalue weighted by Gasteiger charge is 2.09. The fraction of sp³-hybridized carbons (Fsp3) is 0.111. The molecule has 3 aromatic rings. The average Bonchev–Trinajstić information content (AvgIpc) is 3.07. The van der Waals surface area contributed by atoms with E-state index in [0.717, 1.165) is 27.4 Å². The molecule has 2 heterocycles. The van der Waals surface area contributed by atoms with Crippen LogP contribution >= 0.6 is 22.9 Å². The lowest BCUT2D eigenvalue weighted by Gasteiger charge is -2.04. The number of nitrogens with zero attached hydrogens (tertiary/aromatic N) is 1. The summed E-state index contributed by atoms with van der Waals surface area (Å²) in [4.78, 5) is 18.0. The van der Waals surface area contributed by atoms with E-state index < -0.39 is 0 Å². The van der Waals surface area contributed by atoms with Gasteiger partial charge in [-0.05, 0) is 53.9 Å². The molecule has 2 aromatic heterocycles. The second-order valence-corrected chi connectivity index (χ2v) is 6.55. The van der Waals surface area contributed by atoms with Crippen LogP contribution in [0.1, 0.15) is 15.2 Å². The number of benzene rings is 1. The second-order valence-electron chi connectivity index (χ2n) is 5.03. The molecule has 1 aromatic carbocycles. The molecule has 0 unspecified atom stereocenters. The number of rotatable bonds is 5. The zero-order valence-corrected chi connectivity index (χ0v) is 13.9. The molecule has 0 aliphatic heterocycles. The highest BCUT2D eigenvalue weighted by Crippen LogP contribution is 2.27. The Kier molecular flexibility index (Phi) is 5.05. The van der Waals surface area contributed by atoms with Gasteiger partial charge >= 0.3 is 0 Å². The van der Waals surface area contributed by atoms with Crippen LogP contribution in [0.2, 0.25) is 5.02 Å². The number of nitrogens with one attached hydrogen (secondary N) is 1. The van der Waals surface area contributed by atoms with Crippen LogP contribution in [-0.2, 0) is 6.42 Å². The lowest BCUT2D eigenvalue weighted by Crippen LogP contribution is -2.24. The van der Waals surface area contributed by atoms with E-state index in [0.29, 0.717) is 11.4 Å². The van der Waals surface area contributed by atoms with Crippen LogP contribution in [0.15, 0.2) is 60.9 Å². The third-order valence-corrected chi connectivity index (χ3v) is 4.79. The van der Waals surface area contributed by atoms with Gasteiger partial charge in [0.15, 0.2) is 0 Å². The summed E-state index contributed by atoms with van der Waals surface area (Å²) in [5, 5.41) is 3.68. The third kappa shape index (κ3) is 4.18. The topological polar surface area (TPSA) is 42.0 Å². The standard InChI is InChI=1S/C18H15ClN2OS/c19-15-3-1-13(2-4-15)7-12-21-18(22)17-6-5-16(23-17)14-8-10-20-11-9-14/h1-6,8-11H,7,12H2,(H,21,22). The van der Waals surface area contributed by atoms with Crippen molar-refractivity contribution in [2.24, 2.45) is 0 Å². The SMILES string of the molecule is O=C(NCCc1ccc(Cl)cc1)c1ccc(-c2ccncc2)s1. The highest BCUT2D eigenvalue weighted by molar-refractivity contribution is 7.17. The molecule has 3 nitrogen and oxygen atoms in total. The summed E-state index contributed by atoms with van der Waals surface area (Å²) in [6, 6.07) is 15.4. The van der Waals surface area contributed by atoms with Crippen LogP contribution < -0.4 is 5.32 Å². The summed E-state index contributed by atoms with van der Waals surface area (Å²) in [6.45, 7) is 0.600. The first-order valence-electron chi connectivity index (χ1n) is 7.25. The smallest absolute Gasteiger partial charge is 0.261 e. The molecule has 1 amide bonds. The molecule has 5 heteroatoms. The van der Waals surface area contributed by atoms with Crippen molar-refractivity contribution >= 4 is 28.8 Å². The molecule has 0 radical (unpaired) electrons. The van der Waals surface area contributed by atoms with Gasteiger partial charge in [0.05, 0.1) is 4.88 Å².